The molecule has 1 saturated heterocycles. The van der Waals surface area contributed by atoms with Gasteiger partial charge in [-0.15, -0.1) is 0 Å². The summed E-state index contributed by atoms with van der Waals surface area (Å²) in [5.41, 5.74) is 2.18. The number of rotatable bonds is 5. The van der Waals surface area contributed by atoms with Gasteiger partial charge in [0.2, 0.25) is 0 Å². The number of piperazine rings is 1. The number of carbonyl (C=O) groups is 1. The van der Waals surface area contributed by atoms with Crippen LogP contribution in [0.25, 0.3) is 11.3 Å². The molecule has 1 fully saturated rings. The van der Waals surface area contributed by atoms with Crippen molar-refractivity contribution in [3.05, 3.63) is 59.9 Å². The van der Waals surface area contributed by atoms with E-state index in [9.17, 15) is 9.18 Å². The lowest BCUT2D eigenvalue weighted by Crippen LogP contribution is -2.49. The fraction of sp³-hybridized carbons (Fsp3) is 0.273. The fourth-order valence-electron chi connectivity index (χ4n) is 3.61. The van der Waals surface area contributed by atoms with E-state index in [2.05, 4.69) is 15.1 Å². The van der Waals surface area contributed by atoms with E-state index in [-0.39, 0.29) is 11.7 Å². The van der Waals surface area contributed by atoms with Crippen LogP contribution >= 0.6 is 0 Å². The van der Waals surface area contributed by atoms with E-state index in [1.807, 2.05) is 6.07 Å². The maximum Gasteiger partial charge on any atom is 0.257 e. The zero-order chi connectivity index (χ0) is 21.1. The Hall–Kier alpha value is -3.55. The van der Waals surface area contributed by atoms with Crippen LogP contribution in [0.2, 0.25) is 0 Å². The van der Waals surface area contributed by atoms with Crippen molar-refractivity contribution in [3.8, 4) is 22.8 Å². The molecule has 4 rings (SSSR count). The average Bonchev–Trinajstić information content (AvgIpc) is 3.29. The first-order valence-electron chi connectivity index (χ1n) is 9.67. The summed E-state index contributed by atoms with van der Waals surface area (Å²) in [6.45, 7) is 2.45. The molecule has 0 bridgehead atoms. The number of methoxy groups -OCH3 is 2. The van der Waals surface area contributed by atoms with E-state index in [4.69, 9.17) is 9.47 Å². The van der Waals surface area contributed by atoms with Crippen LogP contribution in [0.4, 0.5) is 10.2 Å². The number of carbonyl (C=O) groups excluding carboxylic acids is 1. The van der Waals surface area contributed by atoms with Gasteiger partial charge in [-0.1, -0.05) is 6.07 Å². The second-order valence-corrected chi connectivity index (χ2v) is 6.97. The molecule has 0 spiro atoms. The zero-order valence-electron chi connectivity index (χ0n) is 16.9. The zero-order valence-corrected chi connectivity index (χ0v) is 16.9. The molecule has 8 heteroatoms. The molecule has 1 aromatic heterocycles. The van der Waals surface area contributed by atoms with Gasteiger partial charge in [-0.05, 0) is 42.0 Å². The number of amides is 1. The van der Waals surface area contributed by atoms with Crippen LogP contribution in [-0.4, -0.2) is 61.4 Å². The maximum atomic E-state index is 13.1. The Balaban J connectivity index is 1.43. The predicted octanol–water partition coefficient (Wildman–Crippen LogP) is 3.20. The van der Waals surface area contributed by atoms with Crippen LogP contribution in [0.5, 0.6) is 11.5 Å². The van der Waals surface area contributed by atoms with Crippen molar-refractivity contribution < 1.29 is 18.7 Å². The van der Waals surface area contributed by atoms with Crippen LogP contribution < -0.4 is 14.4 Å². The van der Waals surface area contributed by atoms with Gasteiger partial charge >= 0.3 is 0 Å². The summed E-state index contributed by atoms with van der Waals surface area (Å²) in [5.74, 6) is 1.43. The van der Waals surface area contributed by atoms with Crippen LogP contribution in [0.3, 0.4) is 0 Å². The minimum absolute atomic E-state index is 0.0839. The normalized spacial score (nSPS) is 14.0. The van der Waals surface area contributed by atoms with Crippen LogP contribution in [0, 0.1) is 5.82 Å². The molecule has 3 aromatic rings. The number of aromatic amines is 1. The monoisotopic (exact) mass is 410 g/mol. The Kier molecular flexibility index (Phi) is 5.56. The average molecular weight is 410 g/mol. The summed E-state index contributed by atoms with van der Waals surface area (Å²) in [6, 6.07) is 13.5. The molecule has 0 radical (unpaired) electrons. The molecular formula is C22H23FN4O3. The Morgan fingerprint density at radius 1 is 1.03 bits per heavy atom. The topological polar surface area (TPSA) is 70.7 Å². The number of nitrogens with zero attached hydrogens (tertiary/aromatic N) is 3. The Morgan fingerprint density at radius 3 is 2.43 bits per heavy atom. The summed E-state index contributed by atoms with van der Waals surface area (Å²) in [7, 11) is 3.08. The van der Waals surface area contributed by atoms with E-state index < -0.39 is 0 Å². The molecule has 7 nitrogen and oxygen atoms in total. The molecule has 30 heavy (non-hydrogen) atoms. The molecule has 0 atom stereocenters. The SMILES string of the molecule is COc1cccc(C(=O)N2CCN(c3cc(-c4ccc(F)cc4)[nH]n3)CC2)c1OC. The number of aromatic nitrogens is 2. The number of halogens is 1. The van der Waals surface area contributed by atoms with Gasteiger partial charge in [-0.2, -0.15) is 5.10 Å². The first-order valence-corrected chi connectivity index (χ1v) is 9.67. The molecule has 2 heterocycles. The van der Waals surface area contributed by atoms with E-state index in [0.29, 0.717) is 43.2 Å². The molecule has 0 unspecified atom stereocenters. The highest BCUT2D eigenvalue weighted by atomic mass is 19.1. The minimum Gasteiger partial charge on any atom is -0.493 e. The first-order chi connectivity index (χ1) is 14.6. The highest BCUT2D eigenvalue weighted by Gasteiger charge is 2.26. The van der Waals surface area contributed by atoms with Crippen molar-refractivity contribution in [2.45, 2.75) is 0 Å². The molecule has 2 aromatic carbocycles. The molecule has 1 amide bonds. The molecule has 1 aliphatic heterocycles. The molecular weight excluding hydrogens is 387 g/mol. The van der Waals surface area contributed by atoms with Crippen molar-refractivity contribution in [2.24, 2.45) is 0 Å². The summed E-state index contributed by atoms with van der Waals surface area (Å²) < 4.78 is 23.8. The fourth-order valence-corrected chi connectivity index (χ4v) is 3.61. The molecule has 0 aliphatic carbocycles. The highest BCUT2D eigenvalue weighted by molar-refractivity contribution is 5.98. The number of hydrogen-bond donors (Lipinski definition) is 1. The van der Waals surface area contributed by atoms with Crippen molar-refractivity contribution in [3.63, 3.8) is 0 Å². The van der Waals surface area contributed by atoms with Gasteiger partial charge in [0, 0.05) is 32.2 Å². The number of para-hydroxylation sites is 1. The molecule has 1 aliphatic rings. The van der Waals surface area contributed by atoms with Gasteiger partial charge < -0.3 is 19.3 Å². The van der Waals surface area contributed by atoms with Crippen molar-refractivity contribution in [1.82, 2.24) is 15.1 Å². The second-order valence-electron chi connectivity index (χ2n) is 6.97. The van der Waals surface area contributed by atoms with Gasteiger partial charge in [0.1, 0.15) is 5.82 Å². The standard InChI is InChI=1S/C22H23FN4O3/c1-29-19-5-3-4-17(21(19)30-2)22(28)27-12-10-26(11-13-27)20-14-18(24-25-20)15-6-8-16(23)9-7-15/h3-9,14H,10-13H2,1-2H3,(H,24,25). The third kappa shape index (κ3) is 3.80. The van der Waals surface area contributed by atoms with Gasteiger partial charge in [0.15, 0.2) is 17.3 Å². The van der Waals surface area contributed by atoms with E-state index >= 15 is 0 Å². The second kappa shape index (κ2) is 8.44. The number of nitrogens with one attached hydrogen (secondary N) is 1. The van der Waals surface area contributed by atoms with Gasteiger partial charge in [0.05, 0.1) is 25.5 Å². The summed E-state index contributed by atoms with van der Waals surface area (Å²) in [4.78, 5) is 17.0. The number of anilines is 1. The highest BCUT2D eigenvalue weighted by Crippen LogP contribution is 2.32. The Bertz CT molecular complexity index is 1030. The van der Waals surface area contributed by atoms with E-state index in [0.717, 1.165) is 17.1 Å². The Morgan fingerprint density at radius 2 is 1.77 bits per heavy atom. The summed E-state index contributed by atoms with van der Waals surface area (Å²) >= 11 is 0. The maximum absolute atomic E-state index is 13.1. The summed E-state index contributed by atoms with van der Waals surface area (Å²) in [6.07, 6.45) is 0. The number of H-pyrrole nitrogens is 1. The lowest BCUT2D eigenvalue weighted by atomic mass is 10.1. The first kappa shape index (κ1) is 19.8. The lowest BCUT2D eigenvalue weighted by molar-refractivity contribution is 0.0742. The molecule has 156 valence electrons. The predicted molar refractivity (Wildman–Crippen MR) is 112 cm³/mol. The van der Waals surface area contributed by atoms with Crippen molar-refractivity contribution in [1.29, 1.82) is 0 Å². The van der Waals surface area contributed by atoms with Crippen LogP contribution in [0.15, 0.2) is 48.5 Å². The largest absolute Gasteiger partial charge is 0.493 e. The number of hydrogen-bond acceptors (Lipinski definition) is 5. The van der Waals surface area contributed by atoms with Gasteiger partial charge in [-0.25, -0.2) is 4.39 Å². The Labute approximate surface area is 174 Å². The van der Waals surface area contributed by atoms with E-state index in [1.54, 1.807) is 42.3 Å². The van der Waals surface area contributed by atoms with Crippen LogP contribution in [0.1, 0.15) is 10.4 Å². The smallest absolute Gasteiger partial charge is 0.257 e. The lowest BCUT2D eigenvalue weighted by Gasteiger charge is -2.35. The number of ether oxygens (including phenoxy) is 2. The summed E-state index contributed by atoms with van der Waals surface area (Å²) in [5, 5.41) is 7.39. The minimum atomic E-state index is -0.271. The van der Waals surface area contributed by atoms with Crippen molar-refractivity contribution in [2.75, 3.05) is 45.3 Å². The van der Waals surface area contributed by atoms with Gasteiger partial charge in [-0.3, -0.25) is 9.89 Å². The number of benzene rings is 2. The van der Waals surface area contributed by atoms with Crippen molar-refractivity contribution >= 4 is 11.7 Å². The van der Waals surface area contributed by atoms with Gasteiger partial charge in [0.25, 0.3) is 5.91 Å². The molecule has 1 N–H and O–H groups in total. The third-order valence-electron chi connectivity index (χ3n) is 5.24. The third-order valence-corrected chi connectivity index (χ3v) is 5.24. The van der Waals surface area contributed by atoms with Crippen LogP contribution in [-0.2, 0) is 0 Å². The quantitative estimate of drug-likeness (QED) is 0.700. The van der Waals surface area contributed by atoms with E-state index in [1.165, 1.54) is 19.2 Å². The molecule has 0 saturated carbocycles.